The average molecular weight is 395 g/mol. The monoisotopic (exact) mass is 395 g/mol. The molecule has 2 amide bonds. The predicted octanol–water partition coefficient (Wildman–Crippen LogP) is 2.89. The SMILES string of the molecule is CN(C)c1nc(N[C@H]2CC[C@H](N(C(=O)O)C(C)(C)C)CC2)c(F)cc1C(N)=O. The lowest BCUT2D eigenvalue weighted by Gasteiger charge is -2.42. The number of halogens is 1. The van der Waals surface area contributed by atoms with Crippen LogP contribution in [0, 0.1) is 5.82 Å². The van der Waals surface area contributed by atoms with Crippen molar-refractivity contribution in [3.05, 3.63) is 17.4 Å². The van der Waals surface area contributed by atoms with Crippen LogP contribution < -0.4 is 16.0 Å². The molecule has 0 radical (unpaired) electrons. The quantitative estimate of drug-likeness (QED) is 0.707. The molecule has 8 nitrogen and oxygen atoms in total. The number of anilines is 2. The summed E-state index contributed by atoms with van der Waals surface area (Å²) in [4.78, 5) is 30.5. The summed E-state index contributed by atoms with van der Waals surface area (Å²) in [5, 5.41) is 12.7. The Morgan fingerprint density at radius 3 is 2.25 bits per heavy atom. The van der Waals surface area contributed by atoms with E-state index in [1.807, 2.05) is 20.8 Å². The molecule has 28 heavy (non-hydrogen) atoms. The van der Waals surface area contributed by atoms with Crippen LogP contribution in [-0.2, 0) is 0 Å². The van der Waals surface area contributed by atoms with E-state index in [-0.39, 0.29) is 23.5 Å². The van der Waals surface area contributed by atoms with Gasteiger partial charge in [0.2, 0.25) is 0 Å². The molecule has 1 saturated carbocycles. The molecule has 1 heterocycles. The minimum absolute atomic E-state index is 0.0247. The first-order valence-electron chi connectivity index (χ1n) is 9.38. The van der Waals surface area contributed by atoms with Gasteiger partial charge in [-0.15, -0.1) is 0 Å². The number of rotatable bonds is 5. The number of nitrogens with two attached hydrogens (primary N) is 1. The summed E-state index contributed by atoms with van der Waals surface area (Å²) in [5.41, 5.74) is 4.86. The Bertz CT molecular complexity index is 740. The Hall–Kier alpha value is -2.58. The summed E-state index contributed by atoms with van der Waals surface area (Å²) in [5.74, 6) is -1.00. The summed E-state index contributed by atoms with van der Waals surface area (Å²) in [6.07, 6.45) is 1.83. The highest BCUT2D eigenvalue weighted by Gasteiger charge is 2.35. The molecule has 0 saturated heterocycles. The Morgan fingerprint density at radius 2 is 1.82 bits per heavy atom. The van der Waals surface area contributed by atoms with Crippen molar-refractivity contribution >= 4 is 23.6 Å². The molecule has 0 unspecified atom stereocenters. The number of carboxylic acid groups (broad SMARTS) is 1. The van der Waals surface area contributed by atoms with Crippen LogP contribution in [-0.4, -0.2) is 58.7 Å². The number of nitrogens with zero attached hydrogens (tertiary/aromatic N) is 3. The Morgan fingerprint density at radius 1 is 1.25 bits per heavy atom. The third-order valence-electron chi connectivity index (χ3n) is 4.98. The van der Waals surface area contributed by atoms with Crippen LogP contribution in [0.4, 0.5) is 20.8 Å². The van der Waals surface area contributed by atoms with Gasteiger partial charge >= 0.3 is 6.09 Å². The van der Waals surface area contributed by atoms with E-state index in [1.54, 1.807) is 19.0 Å². The number of amides is 2. The van der Waals surface area contributed by atoms with Gasteiger partial charge < -0.3 is 26.0 Å². The Labute approximate surface area is 164 Å². The van der Waals surface area contributed by atoms with Crippen molar-refractivity contribution < 1.29 is 19.1 Å². The smallest absolute Gasteiger partial charge is 0.407 e. The Kier molecular flexibility index (Phi) is 6.36. The van der Waals surface area contributed by atoms with E-state index in [0.29, 0.717) is 31.5 Å². The topological polar surface area (TPSA) is 112 Å². The van der Waals surface area contributed by atoms with Gasteiger partial charge in [0.1, 0.15) is 5.82 Å². The molecule has 1 aliphatic carbocycles. The average Bonchev–Trinajstić information content (AvgIpc) is 2.56. The van der Waals surface area contributed by atoms with E-state index >= 15 is 0 Å². The van der Waals surface area contributed by atoms with Crippen LogP contribution in [0.15, 0.2) is 6.07 Å². The molecule has 0 aliphatic heterocycles. The van der Waals surface area contributed by atoms with Crippen molar-refractivity contribution in [2.75, 3.05) is 24.3 Å². The zero-order valence-corrected chi connectivity index (χ0v) is 17.1. The fourth-order valence-electron chi connectivity index (χ4n) is 3.77. The van der Waals surface area contributed by atoms with Gasteiger partial charge in [-0.25, -0.2) is 14.2 Å². The van der Waals surface area contributed by atoms with Gasteiger partial charge in [0.05, 0.1) is 5.56 Å². The second-order valence-electron chi connectivity index (χ2n) is 8.42. The van der Waals surface area contributed by atoms with E-state index in [2.05, 4.69) is 10.3 Å². The van der Waals surface area contributed by atoms with Crippen molar-refractivity contribution in [3.8, 4) is 0 Å². The second kappa shape index (κ2) is 8.20. The maximum Gasteiger partial charge on any atom is 0.407 e. The van der Waals surface area contributed by atoms with Gasteiger partial charge in [-0.3, -0.25) is 4.79 Å². The largest absolute Gasteiger partial charge is 0.465 e. The van der Waals surface area contributed by atoms with Gasteiger partial charge in [0, 0.05) is 31.7 Å². The maximum atomic E-state index is 14.4. The van der Waals surface area contributed by atoms with E-state index in [9.17, 15) is 19.1 Å². The number of carbonyl (C=O) groups is 2. The number of hydrogen-bond acceptors (Lipinski definition) is 5. The number of hydrogen-bond donors (Lipinski definition) is 3. The van der Waals surface area contributed by atoms with Crippen LogP contribution in [0.1, 0.15) is 56.8 Å². The molecule has 0 atom stereocenters. The van der Waals surface area contributed by atoms with E-state index in [1.165, 1.54) is 4.90 Å². The fourth-order valence-corrected chi connectivity index (χ4v) is 3.77. The highest BCUT2D eigenvalue weighted by molar-refractivity contribution is 5.98. The number of primary amides is 1. The first-order valence-corrected chi connectivity index (χ1v) is 9.38. The van der Waals surface area contributed by atoms with Gasteiger partial charge in [0.15, 0.2) is 11.6 Å². The van der Waals surface area contributed by atoms with E-state index in [4.69, 9.17) is 5.73 Å². The second-order valence-corrected chi connectivity index (χ2v) is 8.42. The summed E-state index contributed by atoms with van der Waals surface area (Å²) in [6.45, 7) is 5.65. The molecule has 2 rings (SSSR count). The molecular weight excluding hydrogens is 365 g/mol. The molecule has 156 valence electrons. The van der Waals surface area contributed by atoms with Crippen LogP contribution in [0.2, 0.25) is 0 Å². The molecular formula is C19H30FN5O3. The number of nitrogens with one attached hydrogen (secondary N) is 1. The summed E-state index contributed by atoms with van der Waals surface area (Å²) in [6, 6.07) is 1.01. The number of aromatic nitrogens is 1. The fraction of sp³-hybridized carbons (Fsp3) is 0.632. The van der Waals surface area contributed by atoms with Crippen molar-refractivity contribution in [3.63, 3.8) is 0 Å². The lowest BCUT2D eigenvalue weighted by atomic mass is 9.88. The third-order valence-corrected chi connectivity index (χ3v) is 4.98. The number of pyridine rings is 1. The zero-order chi connectivity index (χ0) is 21.2. The van der Waals surface area contributed by atoms with Gasteiger partial charge in [0.25, 0.3) is 5.91 Å². The summed E-state index contributed by atoms with van der Waals surface area (Å²) < 4.78 is 14.4. The molecule has 1 fully saturated rings. The van der Waals surface area contributed by atoms with Crippen LogP contribution in [0.3, 0.4) is 0 Å². The molecule has 1 aromatic rings. The molecule has 4 N–H and O–H groups in total. The minimum Gasteiger partial charge on any atom is -0.465 e. The molecule has 0 aromatic carbocycles. The van der Waals surface area contributed by atoms with E-state index < -0.39 is 23.4 Å². The van der Waals surface area contributed by atoms with Crippen LogP contribution in [0.5, 0.6) is 0 Å². The minimum atomic E-state index is -0.922. The predicted molar refractivity (Wildman–Crippen MR) is 106 cm³/mol. The van der Waals surface area contributed by atoms with Gasteiger partial charge in [-0.05, 0) is 52.5 Å². The molecule has 9 heteroatoms. The zero-order valence-electron chi connectivity index (χ0n) is 17.1. The summed E-state index contributed by atoms with van der Waals surface area (Å²) >= 11 is 0. The molecule has 0 spiro atoms. The lowest BCUT2D eigenvalue weighted by molar-refractivity contribution is 0.0556. The van der Waals surface area contributed by atoms with Crippen molar-refractivity contribution in [1.29, 1.82) is 0 Å². The van der Waals surface area contributed by atoms with Crippen molar-refractivity contribution in [2.24, 2.45) is 5.73 Å². The standard InChI is InChI=1S/C19H30FN5O3/c1-19(2,3)25(18(27)28)12-8-6-11(7-9-12)22-16-14(20)10-13(15(21)26)17(23-16)24(4)5/h10-12H,6-9H2,1-5H3,(H2,21,26)(H,22,23)(H,27,28)/t11-,12-. The highest BCUT2D eigenvalue weighted by atomic mass is 19.1. The first-order chi connectivity index (χ1) is 12.9. The maximum absolute atomic E-state index is 14.4. The van der Waals surface area contributed by atoms with Crippen molar-refractivity contribution in [2.45, 2.75) is 64.1 Å². The highest BCUT2D eigenvalue weighted by Crippen LogP contribution is 2.31. The molecule has 0 bridgehead atoms. The van der Waals surface area contributed by atoms with Crippen LogP contribution in [0.25, 0.3) is 0 Å². The Balaban J connectivity index is 2.12. The first kappa shape index (κ1) is 21.7. The summed E-state index contributed by atoms with van der Waals surface area (Å²) in [7, 11) is 3.41. The van der Waals surface area contributed by atoms with E-state index in [0.717, 1.165) is 6.07 Å². The number of carbonyl (C=O) groups excluding carboxylic acids is 1. The van der Waals surface area contributed by atoms with Gasteiger partial charge in [-0.2, -0.15) is 0 Å². The normalized spacial score (nSPS) is 19.8. The third kappa shape index (κ3) is 4.82. The van der Waals surface area contributed by atoms with Crippen LogP contribution >= 0.6 is 0 Å². The lowest BCUT2D eigenvalue weighted by Crippen LogP contribution is -2.52. The molecule has 1 aromatic heterocycles. The van der Waals surface area contributed by atoms with Crippen molar-refractivity contribution in [1.82, 2.24) is 9.88 Å². The van der Waals surface area contributed by atoms with Gasteiger partial charge in [-0.1, -0.05) is 0 Å². The molecule has 1 aliphatic rings.